The van der Waals surface area contributed by atoms with E-state index in [-0.39, 0.29) is 5.78 Å². The second-order valence-electron chi connectivity index (χ2n) is 5.18. The van der Waals surface area contributed by atoms with E-state index in [1.165, 1.54) is 0 Å². The van der Waals surface area contributed by atoms with Gasteiger partial charge in [0.25, 0.3) is 0 Å². The lowest BCUT2D eigenvalue weighted by Crippen LogP contribution is -2.31. The first-order valence-corrected chi connectivity index (χ1v) is 7.00. The molecule has 0 radical (unpaired) electrons. The summed E-state index contributed by atoms with van der Waals surface area (Å²) >= 11 is 3.39. The summed E-state index contributed by atoms with van der Waals surface area (Å²) in [4.78, 5) is 14.2. The number of carbonyl (C=O) groups excluding carboxylic acids is 1. The Morgan fingerprint density at radius 3 is 2.83 bits per heavy atom. The van der Waals surface area contributed by atoms with Crippen LogP contribution in [-0.4, -0.2) is 41.0 Å². The Morgan fingerprint density at radius 2 is 2.22 bits per heavy atom. The lowest BCUT2D eigenvalue weighted by molar-refractivity contribution is 0.0677. The molecular weight excluding hydrogens is 294 g/mol. The van der Waals surface area contributed by atoms with E-state index >= 15 is 0 Å². The first-order valence-electron chi connectivity index (χ1n) is 6.20. The maximum atomic E-state index is 12.1. The van der Waals surface area contributed by atoms with Crippen LogP contribution in [0.1, 0.15) is 30.1 Å². The first-order chi connectivity index (χ1) is 8.48. The van der Waals surface area contributed by atoms with Gasteiger partial charge in [-0.05, 0) is 19.4 Å². The van der Waals surface area contributed by atoms with Gasteiger partial charge in [-0.1, -0.05) is 34.1 Å². The molecule has 0 aliphatic carbocycles. The molecule has 1 saturated heterocycles. The summed E-state index contributed by atoms with van der Waals surface area (Å²) in [6, 6.07) is 7.50. The predicted molar refractivity (Wildman–Crippen MR) is 74.8 cm³/mol. The minimum atomic E-state index is -0.587. The predicted octanol–water partition coefficient (Wildman–Crippen LogP) is 2.48. The quantitative estimate of drug-likeness (QED) is 0.868. The number of aliphatic hydroxyl groups is 1. The number of hydrogen-bond acceptors (Lipinski definition) is 3. The minimum absolute atomic E-state index is 0.147. The molecular formula is C14H18BrNO2. The molecule has 18 heavy (non-hydrogen) atoms. The number of nitrogens with zero attached hydrogens (tertiary/aromatic N) is 1. The zero-order valence-electron chi connectivity index (χ0n) is 10.5. The molecule has 3 nitrogen and oxygen atoms in total. The fourth-order valence-electron chi connectivity index (χ4n) is 2.31. The molecule has 0 amide bonds. The molecule has 0 saturated carbocycles. The summed E-state index contributed by atoms with van der Waals surface area (Å²) in [5.74, 6) is 0.147. The molecule has 1 N–H and O–H groups in total. The van der Waals surface area contributed by atoms with Gasteiger partial charge in [-0.3, -0.25) is 9.69 Å². The third-order valence-electron chi connectivity index (χ3n) is 3.36. The van der Waals surface area contributed by atoms with Crippen LogP contribution in [-0.2, 0) is 0 Å². The third-order valence-corrected chi connectivity index (χ3v) is 4.05. The highest BCUT2D eigenvalue weighted by Crippen LogP contribution is 2.21. The van der Waals surface area contributed by atoms with E-state index < -0.39 is 5.60 Å². The van der Waals surface area contributed by atoms with Gasteiger partial charge in [-0.15, -0.1) is 0 Å². The number of ketones is 1. The molecule has 1 aromatic rings. The molecule has 0 aromatic heterocycles. The monoisotopic (exact) mass is 311 g/mol. The average molecular weight is 312 g/mol. The number of benzene rings is 1. The third kappa shape index (κ3) is 3.40. The Hall–Kier alpha value is -0.710. The number of hydrogen-bond donors (Lipinski definition) is 1. The van der Waals surface area contributed by atoms with Gasteiger partial charge in [0.05, 0.1) is 5.60 Å². The second-order valence-corrected chi connectivity index (χ2v) is 6.03. The second kappa shape index (κ2) is 5.51. The van der Waals surface area contributed by atoms with Crippen molar-refractivity contribution in [2.75, 3.05) is 19.6 Å². The molecule has 4 heteroatoms. The molecule has 1 atom stereocenters. The van der Waals surface area contributed by atoms with Crippen LogP contribution < -0.4 is 0 Å². The van der Waals surface area contributed by atoms with Gasteiger partial charge >= 0.3 is 0 Å². The van der Waals surface area contributed by atoms with Crippen molar-refractivity contribution in [3.05, 3.63) is 34.3 Å². The van der Waals surface area contributed by atoms with E-state index in [2.05, 4.69) is 20.8 Å². The fraction of sp³-hybridized carbons (Fsp3) is 0.500. The highest BCUT2D eigenvalue weighted by atomic mass is 79.9. The Balaban J connectivity index is 1.88. The lowest BCUT2D eigenvalue weighted by atomic mass is 10.1. The van der Waals surface area contributed by atoms with E-state index in [9.17, 15) is 9.90 Å². The van der Waals surface area contributed by atoms with Crippen molar-refractivity contribution >= 4 is 21.7 Å². The zero-order valence-corrected chi connectivity index (χ0v) is 12.1. The van der Waals surface area contributed by atoms with Crippen LogP contribution in [0.15, 0.2) is 28.7 Å². The molecule has 0 bridgehead atoms. The smallest absolute Gasteiger partial charge is 0.165 e. The van der Waals surface area contributed by atoms with Crippen LogP contribution in [0.4, 0.5) is 0 Å². The minimum Gasteiger partial charge on any atom is -0.389 e. The van der Waals surface area contributed by atoms with Gasteiger partial charge in [-0.25, -0.2) is 0 Å². The van der Waals surface area contributed by atoms with E-state index in [1.807, 2.05) is 31.2 Å². The van der Waals surface area contributed by atoms with Crippen molar-refractivity contribution in [1.82, 2.24) is 4.90 Å². The van der Waals surface area contributed by atoms with Crippen LogP contribution in [0.25, 0.3) is 0 Å². The van der Waals surface area contributed by atoms with Gasteiger partial charge < -0.3 is 5.11 Å². The molecule has 1 aromatic carbocycles. The Kier molecular flexibility index (Phi) is 4.20. The zero-order chi connectivity index (χ0) is 13.2. The molecule has 2 rings (SSSR count). The maximum Gasteiger partial charge on any atom is 0.165 e. The average Bonchev–Trinajstić information content (AvgIpc) is 2.66. The number of rotatable bonds is 4. The Morgan fingerprint density at radius 1 is 1.50 bits per heavy atom. The van der Waals surface area contributed by atoms with Crippen molar-refractivity contribution < 1.29 is 9.90 Å². The van der Waals surface area contributed by atoms with Gasteiger partial charge in [0.2, 0.25) is 0 Å². The molecule has 0 spiro atoms. The van der Waals surface area contributed by atoms with Crippen molar-refractivity contribution in [2.24, 2.45) is 0 Å². The van der Waals surface area contributed by atoms with E-state index in [0.717, 1.165) is 29.5 Å². The largest absolute Gasteiger partial charge is 0.389 e. The van der Waals surface area contributed by atoms with E-state index in [4.69, 9.17) is 0 Å². The van der Waals surface area contributed by atoms with E-state index in [0.29, 0.717) is 13.0 Å². The number of halogens is 1. The Labute approximate surface area is 116 Å². The molecule has 1 fully saturated rings. The lowest BCUT2D eigenvalue weighted by Gasteiger charge is -2.18. The molecule has 1 aliphatic heterocycles. The fourth-order valence-corrected chi connectivity index (χ4v) is 2.82. The van der Waals surface area contributed by atoms with Gasteiger partial charge in [0, 0.05) is 36.1 Å². The van der Waals surface area contributed by atoms with Crippen LogP contribution in [0, 0.1) is 0 Å². The van der Waals surface area contributed by atoms with Crippen molar-refractivity contribution in [1.29, 1.82) is 0 Å². The van der Waals surface area contributed by atoms with Crippen LogP contribution in [0.5, 0.6) is 0 Å². The number of Topliss-reactive ketones (excluding diaryl/α,β-unsaturated/α-hetero) is 1. The SMILES string of the molecule is CC1(O)CCN(CCC(=O)c2ccccc2Br)C1. The highest BCUT2D eigenvalue weighted by Gasteiger charge is 2.31. The van der Waals surface area contributed by atoms with Crippen LogP contribution in [0.2, 0.25) is 0 Å². The van der Waals surface area contributed by atoms with Gasteiger partial charge in [0.15, 0.2) is 5.78 Å². The normalized spacial score (nSPS) is 24.4. The van der Waals surface area contributed by atoms with Crippen LogP contribution >= 0.6 is 15.9 Å². The molecule has 1 heterocycles. The van der Waals surface area contributed by atoms with Gasteiger partial charge in [0.1, 0.15) is 0 Å². The van der Waals surface area contributed by atoms with Crippen LogP contribution in [0.3, 0.4) is 0 Å². The number of carbonyl (C=O) groups is 1. The molecule has 98 valence electrons. The molecule has 1 aliphatic rings. The van der Waals surface area contributed by atoms with Crippen molar-refractivity contribution in [3.8, 4) is 0 Å². The maximum absolute atomic E-state index is 12.1. The topological polar surface area (TPSA) is 40.5 Å². The van der Waals surface area contributed by atoms with Gasteiger partial charge in [-0.2, -0.15) is 0 Å². The van der Waals surface area contributed by atoms with E-state index in [1.54, 1.807) is 0 Å². The summed E-state index contributed by atoms with van der Waals surface area (Å²) in [6.45, 7) is 4.10. The standard InChI is InChI=1S/C14H18BrNO2/c1-14(18)7-9-16(10-14)8-6-13(17)11-4-2-3-5-12(11)15/h2-5,18H,6-10H2,1H3. The molecule has 1 unspecified atom stereocenters. The summed E-state index contributed by atoms with van der Waals surface area (Å²) in [6.07, 6.45) is 1.29. The first kappa shape index (κ1) is 13.7. The number of β-amino-alcohol motifs (C(OH)–C–C–N with tert-alkyl or cyclic N) is 1. The summed E-state index contributed by atoms with van der Waals surface area (Å²) in [5, 5.41) is 9.86. The Bertz CT molecular complexity index is 445. The summed E-state index contributed by atoms with van der Waals surface area (Å²) in [7, 11) is 0. The summed E-state index contributed by atoms with van der Waals surface area (Å²) in [5.41, 5.74) is 0.152. The van der Waals surface area contributed by atoms with Crippen molar-refractivity contribution in [2.45, 2.75) is 25.4 Å². The highest BCUT2D eigenvalue weighted by molar-refractivity contribution is 9.10. The number of likely N-dealkylation sites (tertiary alicyclic amines) is 1. The summed E-state index contributed by atoms with van der Waals surface area (Å²) < 4.78 is 0.850. The van der Waals surface area contributed by atoms with Crippen molar-refractivity contribution in [3.63, 3.8) is 0 Å².